The summed E-state index contributed by atoms with van der Waals surface area (Å²) in [5.41, 5.74) is -4.38. The number of nitrogens with zero attached hydrogens (tertiary/aromatic N) is 4. The fourth-order valence-electron chi connectivity index (χ4n) is 3.85. The van der Waals surface area contributed by atoms with Gasteiger partial charge < -0.3 is 19.5 Å². The summed E-state index contributed by atoms with van der Waals surface area (Å²) in [6.07, 6.45) is -2.52. The molecule has 0 radical (unpaired) electrons. The van der Waals surface area contributed by atoms with E-state index in [1.807, 2.05) is 4.90 Å². The van der Waals surface area contributed by atoms with E-state index >= 15 is 4.39 Å². The number of fused-ring (bicyclic) bond motifs is 1. The van der Waals surface area contributed by atoms with E-state index in [9.17, 15) is 22.8 Å². The van der Waals surface area contributed by atoms with Crippen LogP contribution in [-0.2, 0) is 13.2 Å². The summed E-state index contributed by atoms with van der Waals surface area (Å²) in [5.74, 6) is -2.82. The number of carbonyl (C=O) groups is 1. The highest BCUT2D eigenvalue weighted by Gasteiger charge is 2.41. The first-order valence-corrected chi connectivity index (χ1v) is 10.0. The molecule has 3 heterocycles. The van der Waals surface area contributed by atoms with Crippen molar-refractivity contribution in [1.29, 1.82) is 0 Å². The van der Waals surface area contributed by atoms with Crippen molar-refractivity contribution in [3.63, 3.8) is 0 Å². The molecule has 0 atom stereocenters. The molecule has 0 spiro atoms. The molecule has 2 aromatic heterocycles. The predicted octanol–water partition coefficient (Wildman–Crippen LogP) is 3.18. The van der Waals surface area contributed by atoms with Gasteiger partial charge in [-0.25, -0.2) is 14.2 Å². The minimum absolute atomic E-state index is 0.117. The van der Waals surface area contributed by atoms with Gasteiger partial charge in [-0.05, 0) is 6.07 Å². The number of anilines is 2. The smallest absolute Gasteiger partial charge is 0.420 e. The molecular formula is C19H16F4N4O3S. The highest BCUT2D eigenvalue weighted by Crippen LogP contribution is 2.43. The number of carboxylic acids is 1. The fourth-order valence-corrected chi connectivity index (χ4v) is 4.55. The number of aryl methyl sites for hydroxylation is 1. The third-order valence-electron chi connectivity index (χ3n) is 5.19. The Morgan fingerprint density at radius 1 is 1.19 bits per heavy atom. The van der Waals surface area contributed by atoms with Crippen molar-refractivity contribution in [3.8, 4) is 0 Å². The van der Waals surface area contributed by atoms with Crippen molar-refractivity contribution in [1.82, 2.24) is 9.55 Å². The molecule has 4 rings (SSSR count). The van der Waals surface area contributed by atoms with Crippen molar-refractivity contribution in [3.05, 3.63) is 51.0 Å². The van der Waals surface area contributed by atoms with E-state index in [0.29, 0.717) is 19.2 Å². The van der Waals surface area contributed by atoms with Crippen LogP contribution in [0.1, 0.15) is 15.9 Å². The maximum absolute atomic E-state index is 15.0. The Morgan fingerprint density at radius 2 is 1.84 bits per heavy atom. The van der Waals surface area contributed by atoms with Gasteiger partial charge in [-0.15, -0.1) is 11.3 Å². The second-order valence-corrected chi connectivity index (χ2v) is 7.93. The second-order valence-electron chi connectivity index (χ2n) is 7.05. The molecule has 1 fully saturated rings. The van der Waals surface area contributed by atoms with Crippen molar-refractivity contribution in [2.75, 3.05) is 36.0 Å². The van der Waals surface area contributed by atoms with Crippen molar-refractivity contribution in [2.24, 2.45) is 7.05 Å². The number of alkyl halides is 3. The van der Waals surface area contributed by atoms with E-state index in [4.69, 9.17) is 5.11 Å². The average molecular weight is 456 g/mol. The molecule has 0 aliphatic carbocycles. The quantitative estimate of drug-likeness (QED) is 0.610. The largest absolute Gasteiger partial charge is 0.477 e. The number of aromatic nitrogens is 2. The molecule has 1 saturated heterocycles. The number of rotatable bonds is 3. The van der Waals surface area contributed by atoms with Crippen molar-refractivity contribution in [2.45, 2.75) is 6.18 Å². The lowest BCUT2D eigenvalue weighted by atomic mass is 10.0. The minimum atomic E-state index is -4.98. The van der Waals surface area contributed by atoms with Crippen LogP contribution in [0, 0.1) is 5.82 Å². The summed E-state index contributed by atoms with van der Waals surface area (Å²) in [7, 11) is 1.20. The van der Waals surface area contributed by atoms with E-state index in [-0.39, 0.29) is 13.1 Å². The van der Waals surface area contributed by atoms with Gasteiger partial charge in [0.2, 0.25) is 5.43 Å². The number of hydrogen-bond donors (Lipinski definition) is 1. The third-order valence-corrected chi connectivity index (χ3v) is 6.02. The van der Waals surface area contributed by atoms with E-state index in [1.165, 1.54) is 23.3 Å². The number of piperazine rings is 1. The van der Waals surface area contributed by atoms with Gasteiger partial charge in [0, 0.05) is 51.0 Å². The summed E-state index contributed by atoms with van der Waals surface area (Å²) in [4.78, 5) is 31.1. The molecule has 0 saturated carbocycles. The number of hydrogen-bond acceptors (Lipinski definition) is 6. The highest BCUT2D eigenvalue weighted by atomic mass is 32.1. The third kappa shape index (κ3) is 3.60. The van der Waals surface area contributed by atoms with Crippen LogP contribution in [0.25, 0.3) is 10.9 Å². The summed E-state index contributed by atoms with van der Waals surface area (Å²) in [6, 6.07) is 0.696. The van der Waals surface area contributed by atoms with E-state index in [2.05, 4.69) is 4.98 Å². The Morgan fingerprint density at radius 3 is 2.39 bits per heavy atom. The maximum atomic E-state index is 15.0. The van der Waals surface area contributed by atoms with Gasteiger partial charge in [-0.2, -0.15) is 13.2 Å². The monoisotopic (exact) mass is 456 g/mol. The molecule has 0 amide bonds. The van der Waals surface area contributed by atoms with Gasteiger partial charge in [-0.3, -0.25) is 4.79 Å². The summed E-state index contributed by atoms with van der Waals surface area (Å²) in [5, 5.41) is 11.1. The minimum Gasteiger partial charge on any atom is -0.477 e. The Kier molecular flexibility index (Phi) is 5.12. The molecule has 1 aliphatic heterocycles. The first-order chi connectivity index (χ1) is 14.6. The molecule has 164 valence electrons. The van der Waals surface area contributed by atoms with Gasteiger partial charge >= 0.3 is 12.1 Å². The van der Waals surface area contributed by atoms with Crippen LogP contribution in [0.5, 0.6) is 0 Å². The zero-order valence-corrected chi connectivity index (χ0v) is 16.9. The molecule has 7 nitrogen and oxygen atoms in total. The molecule has 0 bridgehead atoms. The van der Waals surface area contributed by atoms with Crippen molar-refractivity contribution < 1.29 is 27.5 Å². The molecule has 1 aromatic carbocycles. The maximum Gasteiger partial charge on any atom is 0.420 e. The second kappa shape index (κ2) is 7.52. The molecular weight excluding hydrogens is 440 g/mol. The lowest BCUT2D eigenvalue weighted by Gasteiger charge is -2.37. The number of pyridine rings is 1. The summed E-state index contributed by atoms with van der Waals surface area (Å²) >= 11 is 1.40. The average Bonchev–Trinajstić information content (AvgIpc) is 3.24. The van der Waals surface area contributed by atoms with Gasteiger partial charge in [-0.1, -0.05) is 0 Å². The SMILES string of the molecule is Cn1cc(C(=O)O)c(=O)c2cc(F)c(N3CCN(c4nccs4)CC3)c(C(F)(F)F)c21. The molecule has 0 unspecified atom stereocenters. The molecule has 1 aliphatic rings. The zero-order valence-electron chi connectivity index (χ0n) is 16.1. The van der Waals surface area contributed by atoms with Crippen LogP contribution >= 0.6 is 11.3 Å². The normalized spacial score (nSPS) is 15.0. The molecule has 3 aromatic rings. The van der Waals surface area contributed by atoms with Crippen molar-refractivity contribution >= 4 is 39.0 Å². The van der Waals surface area contributed by atoms with Crippen LogP contribution in [0.2, 0.25) is 0 Å². The molecule has 12 heteroatoms. The zero-order chi connectivity index (χ0) is 22.5. The number of benzene rings is 1. The number of thiazole rings is 1. The standard InChI is InChI=1S/C19H16F4N4O3S/c1-25-9-11(17(29)30)16(28)10-8-12(20)15(13(14(10)25)19(21,22)23)26-3-5-27(6-4-26)18-24-2-7-31-18/h2,7-9H,3-6H2,1H3,(H,29,30). The summed E-state index contributed by atoms with van der Waals surface area (Å²) in [6.45, 7) is 0.927. The van der Waals surface area contributed by atoms with E-state index in [0.717, 1.165) is 15.9 Å². The first-order valence-electron chi connectivity index (χ1n) is 9.15. The van der Waals surface area contributed by atoms with Crippen LogP contribution in [0.3, 0.4) is 0 Å². The van der Waals surface area contributed by atoms with Crippen LogP contribution in [0.15, 0.2) is 28.6 Å². The van der Waals surface area contributed by atoms with E-state index in [1.54, 1.807) is 11.6 Å². The van der Waals surface area contributed by atoms with Crippen LogP contribution < -0.4 is 15.2 Å². The number of aromatic carboxylic acids is 1. The molecule has 1 N–H and O–H groups in total. The first kappa shape index (κ1) is 21.1. The Hall–Kier alpha value is -3.15. The topological polar surface area (TPSA) is 78.7 Å². The van der Waals surface area contributed by atoms with Gasteiger partial charge in [0.15, 0.2) is 5.13 Å². The van der Waals surface area contributed by atoms with Gasteiger partial charge in [0.1, 0.15) is 16.9 Å². The van der Waals surface area contributed by atoms with Gasteiger partial charge in [0.05, 0.1) is 16.6 Å². The number of carboxylic acid groups (broad SMARTS) is 1. The Balaban J connectivity index is 1.87. The fraction of sp³-hybridized carbons (Fsp3) is 0.316. The highest BCUT2D eigenvalue weighted by molar-refractivity contribution is 7.13. The van der Waals surface area contributed by atoms with Crippen LogP contribution in [-0.4, -0.2) is 46.8 Å². The van der Waals surface area contributed by atoms with Crippen LogP contribution in [0.4, 0.5) is 28.4 Å². The Labute approximate surface area is 176 Å². The summed E-state index contributed by atoms with van der Waals surface area (Å²) < 4.78 is 58.4. The predicted molar refractivity (Wildman–Crippen MR) is 108 cm³/mol. The van der Waals surface area contributed by atoms with Gasteiger partial charge in [0.25, 0.3) is 0 Å². The lowest BCUT2D eigenvalue weighted by molar-refractivity contribution is -0.136. The Bertz CT molecular complexity index is 1220. The molecule has 31 heavy (non-hydrogen) atoms. The van der Waals surface area contributed by atoms with E-state index < -0.39 is 51.1 Å². The number of halogens is 4. The lowest BCUT2D eigenvalue weighted by Crippen LogP contribution is -2.47.